The molecule has 5 heteroatoms. The highest BCUT2D eigenvalue weighted by molar-refractivity contribution is 5.90. The Hall–Kier alpha value is -3.60. The number of aryl methyl sites for hydroxylation is 1. The van der Waals surface area contributed by atoms with Gasteiger partial charge in [-0.3, -0.25) is 10.1 Å². The first-order chi connectivity index (χ1) is 14.5. The van der Waals surface area contributed by atoms with Gasteiger partial charge in [-0.15, -0.1) is 0 Å². The minimum atomic E-state index is -0.241. The zero-order chi connectivity index (χ0) is 21.1. The van der Waals surface area contributed by atoms with Crippen LogP contribution in [0.15, 0.2) is 78.9 Å². The van der Waals surface area contributed by atoms with Gasteiger partial charge in [-0.1, -0.05) is 54.1 Å². The Morgan fingerprint density at radius 1 is 1.07 bits per heavy atom. The minimum Gasteiger partial charge on any atom is -0.497 e. The largest absolute Gasteiger partial charge is 0.497 e. The Bertz CT molecular complexity index is 1080. The maximum atomic E-state index is 11.4. The van der Waals surface area contributed by atoms with Crippen LogP contribution in [-0.2, 0) is 0 Å². The monoisotopic (exact) mass is 400 g/mol. The van der Waals surface area contributed by atoms with Crippen molar-refractivity contribution in [2.45, 2.75) is 6.92 Å². The fraction of sp³-hybridized carbons (Fsp3) is 0.200. The molecule has 1 heterocycles. The molecule has 0 aliphatic carbocycles. The van der Waals surface area contributed by atoms with Crippen LogP contribution in [0.25, 0.3) is 5.57 Å². The van der Waals surface area contributed by atoms with Crippen LogP contribution in [-0.4, -0.2) is 25.1 Å². The van der Waals surface area contributed by atoms with E-state index in [1.807, 2.05) is 54.6 Å². The SMILES string of the molecule is COc1ccc2c(c1)C(c1ccccc1)=CC(C[N+](=O)[O-])CN2c1ccc(C)cc1. The molecule has 0 saturated heterocycles. The van der Waals surface area contributed by atoms with Crippen LogP contribution >= 0.6 is 0 Å². The van der Waals surface area contributed by atoms with Gasteiger partial charge in [0.2, 0.25) is 6.54 Å². The van der Waals surface area contributed by atoms with Gasteiger partial charge in [0, 0.05) is 28.4 Å². The molecule has 0 fully saturated rings. The maximum Gasteiger partial charge on any atom is 0.211 e. The van der Waals surface area contributed by atoms with Crippen molar-refractivity contribution in [1.82, 2.24) is 0 Å². The number of anilines is 2. The third-order valence-electron chi connectivity index (χ3n) is 5.42. The molecule has 0 N–H and O–H groups in total. The smallest absolute Gasteiger partial charge is 0.211 e. The maximum absolute atomic E-state index is 11.4. The van der Waals surface area contributed by atoms with Gasteiger partial charge in [0.1, 0.15) is 5.75 Å². The van der Waals surface area contributed by atoms with Gasteiger partial charge in [0.05, 0.1) is 13.0 Å². The number of ether oxygens (including phenoxy) is 1. The number of benzene rings is 3. The van der Waals surface area contributed by atoms with E-state index in [0.717, 1.165) is 33.8 Å². The zero-order valence-electron chi connectivity index (χ0n) is 17.1. The van der Waals surface area contributed by atoms with Crippen molar-refractivity contribution < 1.29 is 9.66 Å². The topological polar surface area (TPSA) is 55.6 Å². The number of methoxy groups -OCH3 is 1. The van der Waals surface area contributed by atoms with E-state index < -0.39 is 0 Å². The summed E-state index contributed by atoms with van der Waals surface area (Å²) >= 11 is 0. The first-order valence-electron chi connectivity index (χ1n) is 9.97. The molecule has 1 aliphatic heterocycles. The number of nitro groups is 1. The van der Waals surface area contributed by atoms with Crippen LogP contribution in [0.3, 0.4) is 0 Å². The summed E-state index contributed by atoms with van der Waals surface area (Å²) in [5.74, 6) is 0.516. The summed E-state index contributed by atoms with van der Waals surface area (Å²) in [6.45, 7) is 2.46. The standard InChI is InChI=1S/C25H24N2O3/c1-18-8-10-21(11-9-18)26-16-19(17-27(28)29)14-23(20-6-4-3-5-7-20)24-15-22(30-2)12-13-25(24)26/h3-15,19H,16-17H2,1-2H3. The van der Waals surface area contributed by atoms with Crippen molar-refractivity contribution in [3.8, 4) is 5.75 Å². The number of rotatable bonds is 5. The Morgan fingerprint density at radius 2 is 1.80 bits per heavy atom. The van der Waals surface area contributed by atoms with E-state index in [1.54, 1.807) is 7.11 Å². The first kappa shape index (κ1) is 19.7. The second kappa shape index (κ2) is 8.41. The van der Waals surface area contributed by atoms with E-state index in [9.17, 15) is 10.1 Å². The van der Waals surface area contributed by atoms with Gasteiger partial charge >= 0.3 is 0 Å². The molecule has 3 aromatic rings. The summed E-state index contributed by atoms with van der Waals surface area (Å²) in [5.41, 5.74) is 6.24. The Kier molecular flexibility index (Phi) is 5.53. The van der Waals surface area contributed by atoms with Gasteiger partial charge in [0.25, 0.3) is 0 Å². The second-order valence-electron chi connectivity index (χ2n) is 7.55. The quantitative estimate of drug-likeness (QED) is 0.420. The number of hydrogen-bond acceptors (Lipinski definition) is 4. The van der Waals surface area contributed by atoms with E-state index >= 15 is 0 Å². The molecule has 3 aromatic carbocycles. The highest BCUT2D eigenvalue weighted by Crippen LogP contribution is 2.41. The molecular formula is C25H24N2O3. The van der Waals surface area contributed by atoms with E-state index in [1.165, 1.54) is 5.56 Å². The third kappa shape index (κ3) is 4.06. The predicted molar refractivity (Wildman–Crippen MR) is 120 cm³/mol. The summed E-state index contributed by atoms with van der Waals surface area (Å²) in [5, 5.41) is 11.4. The second-order valence-corrected chi connectivity index (χ2v) is 7.55. The lowest BCUT2D eigenvalue weighted by molar-refractivity contribution is -0.485. The Morgan fingerprint density at radius 3 is 2.47 bits per heavy atom. The number of hydrogen-bond donors (Lipinski definition) is 0. The lowest BCUT2D eigenvalue weighted by Gasteiger charge is -2.27. The van der Waals surface area contributed by atoms with Crippen molar-refractivity contribution >= 4 is 16.9 Å². The molecule has 1 aliphatic rings. The van der Waals surface area contributed by atoms with Crippen LogP contribution in [0.2, 0.25) is 0 Å². The van der Waals surface area contributed by atoms with Crippen molar-refractivity contribution in [3.63, 3.8) is 0 Å². The molecule has 0 spiro atoms. The van der Waals surface area contributed by atoms with Crippen LogP contribution in [0.1, 0.15) is 16.7 Å². The van der Waals surface area contributed by atoms with Crippen LogP contribution in [0, 0.1) is 23.0 Å². The predicted octanol–water partition coefficient (Wildman–Crippen LogP) is 5.48. The Balaban J connectivity index is 1.92. The number of fused-ring (bicyclic) bond motifs is 1. The molecule has 0 saturated carbocycles. The van der Waals surface area contributed by atoms with E-state index in [-0.39, 0.29) is 17.4 Å². The van der Waals surface area contributed by atoms with Crippen molar-refractivity contribution in [2.75, 3.05) is 25.1 Å². The summed E-state index contributed by atoms with van der Waals surface area (Å²) in [7, 11) is 1.65. The summed E-state index contributed by atoms with van der Waals surface area (Å²) in [6.07, 6.45) is 2.05. The minimum absolute atomic E-state index is 0.121. The van der Waals surface area contributed by atoms with Gasteiger partial charge in [-0.05, 0) is 48.4 Å². The number of nitrogens with zero attached hydrogens (tertiary/aromatic N) is 2. The molecule has 152 valence electrons. The molecule has 4 rings (SSSR count). The van der Waals surface area contributed by atoms with E-state index in [4.69, 9.17) is 4.74 Å². The zero-order valence-corrected chi connectivity index (χ0v) is 17.1. The summed E-state index contributed by atoms with van der Waals surface area (Å²) in [6, 6.07) is 24.3. The molecule has 0 radical (unpaired) electrons. The fourth-order valence-corrected chi connectivity index (χ4v) is 3.94. The summed E-state index contributed by atoms with van der Waals surface area (Å²) in [4.78, 5) is 13.4. The highest BCUT2D eigenvalue weighted by atomic mass is 16.6. The normalized spacial score (nSPS) is 15.7. The molecule has 0 aromatic heterocycles. The lowest BCUT2D eigenvalue weighted by Crippen LogP contribution is -2.27. The van der Waals surface area contributed by atoms with Crippen LogP contribution < -0.4 is 9.64 Å². The molecule has 5 nitrogen and oxygen atoms in total. The van der Waals surface area contributed by atoms with Crippen molar-refractivity contribution in [1.29, 1.82) is 0 Å². The molecule has 0 amide bonds. The van der Waals surface area contributed by atoms with Crippen molar-refractivity contribution in [2.24, 2.45) is 5.92 Å². The average molecular weight is 400 g/mol. The summed E-state index contributed by atoms with van der Waals surface area (Å²) < 4.78 is 5.50. The van der Waals surface area contributed by atoms with Gasteiger partial charge in [-0.2, -0.15) is 0 Å². The molecule has 0 bridgehead atoms. The van der Waals surface area contributed by atoms with Gasteiger partial charge in [-0.25, -0.2) is 0 Å². The van der Waals surface area contributed by atoms with E-state index in [0.29, 0.717) is 6.54 Å². The molecule has 1 atom stereocenters. The fourth-order valence-electron chi connectivity index (χ4n) is 3.94. The average Bonchev–Trinajstić information content (AvgIpc) is 2.91. The lowest BCUT2D eigenvalue weighted by atomic mass is 9.94. The first-order valence-corrected chi connectivity index (χ1v) is 9.97. The van der Waals surface area contributed by atoms with E-state index in [2.05, 4.69) is 36.1 Å². The molecule has 1 unspecified atom stereocenters. The van der Waals surface area contributed by atoms with Gasteiger partial charge < -0.3 is 9.64 Å². The van der Waals surface area contributed by atoms with Crippen LogP contribution in [0.4, 0.5) is 11.4 Å². The Labute approximate surface area is 176 Å². The highest BCUT2D eigenvalue weighted by Gasteiger charge is 2.27. The molecule has 30 heavy (non-hydrogen) atoms. The molecular weight excluding hydrogens is 376 g/mol. The van der Waals surface area contributed by atoms with Crippen molar-refractivity contribution in [3.05, 3.63) is 106 Å². The third-order valence-corrected chi connectivity index (χ3v) is 5.42. The van der Waals surface area contributed by atoms with Crippen LogP contribution in [0.5, 0.6) is 5.75 Å². The van der Waals surface area contributed by atoms with Gasteiger partial charge in [0.15, 0.2) is 0 Å².